The van der Waals surface area contributed by atoms with Gasteiger partial charge in [0.05, 0.1) is 7.11 Å². The van der Waals surface area contributed by atoms with Crippen molar-refractivity contribution in [1.82, 2.24) is 0 Å². The normalized spacial score (nSPS) is 10.2. The SMILES string of the molecule is COc1ccc(CCC(=O)c2ccccc2)cc1F. The lowest BCUT2D eigenvalue weighted by Gasteiger charge is -2.05. The molecule has 0 amide bonds. The second-order valence-electron chi connectivity index (χ2n) is 4.26. The van der Waals surface area contributed by atoms with Gasteiger partial charge in [-0.2, -0.15) is 0 Å². The Morgan fingerprint density at radius 3 is 2.53 bits per heavy atom. The van der Waals surface area contributed by atoms with Crippen molar-refractivity contribution in [2.45, 2.75) is 12.8 Å². The summed E-state index contributed by atoms with van der Waals surface area (Å²) in [4.78, 5) is 11.9. The Morgan fingerprint density at radius 1 is 1.16 bits per heavy atom. The van der Waals surface area contributed by atoms with Gasteiger partial charge >= 0.3 is 0 Å². The number of ketones is 1. The quantitative estimate of drug-likeness (QED) is 0.765. The number of Topliss-reactive ketones (excluding diaryl/α,β-unsaturated/α-hetero) is 1. The van der Waals surface area contributed by atoms with Gasteiger partial charge < -0.3 is 4.74 Å². The predicted molar refractivity (Wildman–Crippen MR) is 72.0 cm³/mol. The third-order valence-corrected chi connectivity index (χ3v) is 2.95. The highest BCUT2D eigenvalue weighted by Gasteiger charge is 2.07. The smallest absolute Gasteiger partial charge is 0.165 e. The predicted octanol–water partition coefficient (Wildman–Crippen LogP) is 3.65. The van der Waals surface area contributed by atoms with Crippen molar-refractivity contribution in [3.05, 3.63) is 65.5 Å². The minimum Gasteiger partial charge on any atom is -0.494 e. The molecule has 0 heterocycles. The molecule has 2 aromatic carbocycles. The van der Waals surface area contributed by atoms with Crippen LogP contribution in [0.1, 0.15) is 22.3 Å². The van der Waals surface area contributed by atoms with E-state index in [-0.39, 0.29) is 11.5 Å². The van der Waals surface area contributed by atoms with Gasteiger partial charge in [0.1, 0.15) is 0 Å². The number of halogens is 1. The summed E-state index contributed by atoms with van der Waals surface area (Å²) < 4.78 is 18.3. The number of carbonyl (C=O) groups is 1. The molecule has 0 aliphatic carbocycles. The lowest BCUT2D eigenvalue weighted by Crippen LogP contribution is -2.01. The van der Waals surface area contributed by atoms with E-state index in [1.807, 2.05) is 18.2 Å². The fourth-order valence-corrected chi connectivity index (χ4v) is 1.89. The Balaban J connectivity index is 1.99. The molecule has 0 saturated carbocycles. The molecule has 2 nitrogen and oxygen atoms in total. The summed E-state index contributed by atoms with van der Waals surface area (Å²) in [5.41, 5.74) is 1.49. The molecule has 0 radical (unpaired) electrons. The summed E-state index contributed by atoms with van der Waals surface area (Å²) >= 11 is 0. The number of rotatable bonds is 5. The molecular weight excluding hydrogens is 243 g/mol. The van der Waals surface area contributed by atoms with Crippen LogP contribution < -0.4 is 4.74 Å². The zero-order valence-electron chi connectivity index (χ0n) is 10.7. The molecule has 0 spiro atoms. The molecule has 98 valence electrons. The highest BCUT2D eigenvalue weighted by Crippen LogP contribution is 2.19. The molecular formula is C16H15FO2. The van der Waals surface area contributed by atoms with E-state index in [0.717, 1.165) is 5.56 Å². The van der Waals surface area contributed by atoms with E-state index in [9.17, 15) is 9.18 Å². The third kappa shape index (κ3) is 3.41. The molecule has 0 bridgehead atoms. The number of benzene rings is 2. The molecule has 0 saturated heterocycles. The maximum absolute atomic E-state index is 13.5. The van der Waals surface area contributed by atoms with Crippen LogP contribution in [0.15, 0.2) is 48.5 Å². The molecule has 2 rings (SSSR count). The zero-order chi connectivity index (χ0) is 13.7. The first-order valence-electron chi connectivity index (χ1n) is 6.11. The maximum Gasteiger partial charge on any atom is 0.165 e. The first-order chi connectivity index (χ1) is 9.20. The van der Waals surface area contributed by atoms with E-state index in [2.05, 4.69) is 0 Å². The molecule has 0 unspecified atom stereocenters. The van der Waals surface area contributed by atoms with Crippen LogP contribution in [0.5, 0.6) is 5.75 Å². The number of methoxy groups -OCH3 is 1. The summed E-state index contributed by atoms with van der Waals surface area (Å²) in [7, 11) is 1.43. The van der Waals surface area contributed by atoms with Gasteiger partial charge in [0, 0.05) is 12.0 Å². The number of hydrogen-bond donors (Lipinski definition) is 0. The molecule has 0 aliphatic heterocycles. The van der Waals surface area contributed by atoms with Gasteiger partial charge in [-0.3, -0.25) is 4.79 Å². The highest BCUT2D eigenvalue weighted by molar-refractivity contribution is 5.96. The number of carbonyl (C=O) groups excluding carboxylic acids is 1. The van der Waals surface area contributed by atoms with Crippen molar-refractivity contribution in [3.8, 4) is 5.75 Å². The van der Waals surface area contributed by atoms with Crippen LogP contribution in [0.3, 0.4) is 0 Å². The van der Waals surface area contributed by atoms with Gasteiger partial charge in [-0.25, -0.2) is 4.39 Å². The Bertz CT molecular complexity index is 564. The Morgan fingerprint density at radius 2 is 1.89 bits per heavy atom. The van der Waals surface area contributed by atoms with Gasteiger partial charge in [0.15, 0.2) is 17.3 Å². The Labute approximate surface area is 111 Å². The average molecular weight is 258 g/mol. The van der Waals surface area contributed by atoms with Crippen molar-refractivity contribution < 1.29 is 13.9 Å². The van der Waals surface area contributed by atoms with Crippen LogP contribution in [0, 0.1) is 5.82 Å². The van der Waals surface area contributed by atoms with Crippen LogP contribution in [-0.4, -0.2) is 12.9 Å². The molecule has 0 fully saturated rings. The van der Waals surface area contributed by atoms with Crippen molar-refractivity contribution in [2.24, 2.45) is 0 Å². The maximum atomic E-state index is 13.5. The van der Waals surface area contributed by atoms with Gasteiger partial charge in [-0.1, -0.05) is 36.4 Å². The molecule has 3 heteroatoms. The van der Waals surface area contributed by atoms with Gasteiger partial charge in [-0.15, -0.1) is 0 Å². The van der Waals surface area contributed by atoms with Crippen LogP contribution in [0.4, 0.5) is 4.39 Å². The van der Waals surface area contributed by atoms with E-state index >= 15 is 0 Å². The monoisotopic (exact) mass is 258 g/mol. The zero-order valence-corrected chi connectivity index (χ0v) is 10.7. The molecule has 0 N–H and O–H groups in total. The lowest BCUT2D eigenvalue weighted by molar-refractivity contribution is 0.0983. The molecule has 19 heavy (non-hydrogen) atoms. The largest absolute Gasteiger partial charge is 0.494 e. The van der Waals surface area contributed by atoms with E-state index in [1.54, 1.807) is 24.3 Å². The molecule has 0 aliphatic rings. The molecule has 0 aromatic heterocycles. The van der Waals surface area contributed by atoms with E-state index in [4.69, 9.17) is 4.74 Å². The van der Waals surface area contributed by atoms with Crippen molar-refractivity contribution in [2.75, 3.05) is 7.11 Å². The second kappa shape index (κ2) is 6.14. The van der Waals surface area contributed by atoms with Gasteiger partial charge in [0.2, 0.25) is 0 Å². The highest BCUT2D eigenvalue weighted by atomic mass is 19.1. The topological polar surface area (TPSA) is 26.3 Å². The second-order valence-corrected chi connectivity index (χ2v) is 4.26. The van der Waals surface area contributed by atoms with Crippen molar-refractivity contribution in [3.63, 3.8) is 0 Å². The Hall–Kier alpha value is -2.16. The average Bonchev–Trinajstić information content (AvgIpc) is 2.46. The third-order valence-electron chi connectivity index (χ3n) is 2.95. The van der Waals surface area contributed by atoms with Crippen LogP contribution in [0.25, 0.3) is 0 Å². The summed E-state index contributed by atoms with van der Waals surface area (Å²) in [6, 6.07) is 13.9. The van der Waals surface area contributed by atoms with E-state index in [1.165, 1.54) is 13.2 Å². The van der Waals surface area contributed by atoms with Crippen LogP contribution in [0.2, 0.25) is 0 Å². The number of aryl methyl sites for hydroxylation is 1. The fourth-order valence-electron chi connectivity index (χ4n) is 1.89. The van der Waals surface area contributed by atoms with Crippen molar-refractivity contribution >= 4 is 5.78 Å². The minimum absolute atomic E-state index is 0.0665. The number of hydrogen-bond acceptors (Lipinski definition) is 2. The lowest BCUT2D eigenvalue weighted by atomic mass is 10.0. The van der Waals surface area contributed by atoms with Crippen LogP contribution in [-0.2, 0) is 6.42 Å². The van der Waals surface area contributed by atoms with E-state index < -0.39 is 5.82 Å². The summed E-state index contributed by atoms with van der Waals surface area (Å²) in [5, 5.41) is 0. The molecule has 0 atom stereocenters. The minimum atomic E-state index is -0.396. The standard InChI is InChI=1S/C16H15FO2/c1-19-16-10-8-12(11-14(16)17)7-9-15(18)13-5-3-2-4-6-13/h2-6,8,10-11H,7,9H2,1H3. The number of ether oxygens (including phenoxy) is 1. The molecule has 2 aromatic rings. The summed E-state index contributed by atoms with van der Waals surface area (Å²) in [6.45, 7) is 0. The first-order valence-corrected chi connectivity index (χ1v) is 6.11. The summed E-state index contributed by atoms with van der Waals surface area (Å²) in [5.74, 6) is -0.109. The Kier molecular flexibility index (Phi) is 4.29. The summed E-state index contributed by atoms with van der Waals surface area (Å²) in [6.07, 6.45) is 0.893. The van der Waals surface area contributed by atoms with Crippen molar-refractivity contribution in [1.29, 1.82) is 0 Å². The van der Waals surface area contributed by atoms with Crippen LogP contribution >= 0.6 is 0 Å². The van der Waals surface area contributed by atoms with E-state index in [0.29, 0.717) is 18.4 Å². The van der Waals surface area contributed by atoms with Gasteiger partial charge in [-0.05, 0) is 24.1 Å². The fraction of sp³-hybridized carbons (Fsp3) is 0.188. The first kappa shape index (κ1) is 13.3. The van der Waals surface area contributed by atoms with Gasteiger partial charge in [0.25, 0.3) is 0 Å².